The first kappa shape index (κ1) is 32.9. The Kier molecular flexibility index (Phi) is 12.0. The van der Waals surface area contributed by atoms with E-state index in [1.165, 1.54) is 0 Å². The van der Waals surface area contributed by atoms with Crippen molar-refractivity contribution in [2.75, 3.05) is 38.2 Å². The zero-order valence-corrected chi connectivity index (χ0v) is 25.6. The van der Waals surface area contributed by atoms with Crippen LogP contribution >= 0.6 is 0 Å². The average molecular weight is 565 g/mol. The number of aromatic nitrogens is 4. The number of carbonyl (C=O) groups is 3. The first-order chi connectivity index (χ1) is 19.5. The van der Waals surface area contributed by atoms with Gasteiger partial charge in [-0.25, -0.2) is 14.6 Å². The maximum absolute atomic E-state index is 13.5. The molecule has 1 atom stereocenters. The fourth-order valence-electron chi connectivity index (χ4n) is 4.58. The molecule has 1 saturated heterocycles. The molecule has 0 spiro atoms. The van der Waals surface area contributed by atoms with Crippen LogP contribution < -0.4 is 11.1 Å². The molecule has 41 heavy (non-hydrogen) atoms. The highest BCUT2D eigenvalue weighted by Gasteiger charge is 2.28. The standard InChI is InChI=1S/C25H32N8O3.C3H6.C2H6/c1-14-15(2)19(9-8-17(14)11-20(35)31(4)5)29-25(36)22-21-23(26)27-16(3)28-24(21)33(30-22)18-7-6-10-32(12-18)13-34;1-3-2;1-2/h8-9,13,18H,6-7,10-12H2,1-5H3,(H,29,36)(H2,26,27,28);3H,1H2,2H3;1-2H3. The summed E-state index contributed by atoms with van der Waals surface area (Å²) in [4.78, 5) is 49.1. The zero-order chi connectivity index (χ0) is 30.9. The Morgan fingerprint density at radius 2 is 1.83 bits per heavy atom. The fraction of sp³-hybridized carbons (Fsp3) is 0.467. The quantitative estimate of drug-likeness (QED) is 0.337. The van der Waals surface area contributed by atoms with Crippen LogP contribution in [0.15, 0.2) is 24.8 Å². The molecule has 1 aliphatic heterocycles. The number of likely N-dealkylation sites (N-methyl/N-ethyl adjacent to an activating group) is 1. The Balaban J connectivity index is 0.00000110. The summed E-state index contributed by atoms with van der Waals surface area (Å²) >= 11 is 0. The highest BCUT2D eigenvalue weighted by atomic mass is 16.2. The number of rotatable bonds is 6. The van der Waals surface area contributed by atoms with Gasteiger partial charge in [0, 0.05) is 32.9 Å². The van der Waals surface area contributed by atoms with Crippen molar-refractivity contribution in [2.45, 2.75) is 66.8 Å². The van der Waals surface area contributed by atoms with Crippen LogP contribution in [0.3, 0.4) is 0 Å². The summed E-state index contributed by atoms with van der Waals surface area (Å²) in [6.45, 7) is 16.0. The van der Waals surface area contributed by atoms with Gasteiger partial charge < -0.3 is 20.9 Å². The molecule has 0 saturated carbocycles. The Bertz CT molecular complexity index is 1400. The molecule has 3 heterocycles. The van der Waals surface area contributed by atoms with E-state index in [1.54, 1.807) is 47.6 Å². The number of nitrogens with two attached hydrogens (primary N) is 1. The number of nitrogen functional groups attached to an aromatic ring is 1. The van der Waals surface area contributed by atoms with Gasteiger partial charge in [-0.2, -0.15) is 5.10 Å². The number of piperidine rings is 1. The molecular weight excluding hydrogens is 520 g/mol. The molecule has 222 valence electrons. The Morgan fingerprint density at radius 1 is 1.17 bits per heavy atom. The number of nitrogens with zero attached hydrogens (tertiary/aromatic N) is 6. The predicted octanol–water partition coefficient (Wildman–Crippen LogP) is 4.23. The van der Waals surface area contributed by atoms with Crippen LogP contribution in [-0.2, 0) is 16.0 Å². The molecule has 1 aliphatic rings. The molecule has 3 aromatic rings. The Morgan fingerprint density at radius 3 is 2.44 bits per heavy atom. The van der Waals surface area contributed by atoms with Gasteiger partial charge in [0.25, 0.3) is 5.91 Å². The van der Waals surface area contributed by atoms with Crippen LogP contribution in [-0.4, -0.2) is 75.0 Å². The molecule has 3 N–H and O–H groups in total. The third-order valence-electron chi connectivity index (χ3n) is 6.82. The number of benzene rings is 1. The van der Waals surface area contributed by atoms with Crippen LogP contribution in [0.4, 0.5) is 11.5 Å². The number of anilines is 2. The summed E-state index contributed by atoms with van der Waals surface area (Å²) in [6.07, 6.45) is 4.50. The van der Waals surface area contributed by atoms with Crippen molar-refractivity contribution in [3.63, 3.8) is 0 Å². The SMILES string of the molecule is C=CC.CC.Cc1nc(N)c2c(C(=O)Nc3ccc(CC(=O)N(C)C)c(C)c3C)nn(C3CCCN(C=O)C3)c2n1. The van der Waals surface area contributed by atoms with Crippen molar-refractivity contribution in [2.24, 2.45) is 0 Å². The van der Waals surface area contributed by atoms with Gasteiger partial charge in [0.15, 0.2) is 11.3 Å². The third-order valence-corrected chi connectivity index (χ3v) is 6.82. The van der Waals surface area contributed by atoms with E-state index in [4.69, 9.17) is 5.73 Å². The van der Waals surface area contributed by atoms with E-state index >= 15 is 0 Å². The summed E-state index contributed by atoms with van der Waals surface area (Å²) in [7, 11) is 3.45. The van der Waals surface area contributed by atoms with Crippen LogP contribution in [0.25, 0.3) is 11.0 Å². The van der Waals surface area contributed by atoms with Gasteiger partial charge in [-0.05, 0) is 63.3 Å². The second kappa shape index (κ2) is 14.9. The van der Waals surface area contributed by atoms with Crippen molar-refractivity contribution in [1.82, 2.24) is 29.5 Å². The van der Waals surface area contributed by atoms with Gasteiger partial charge in [-0.15, -0.1) is 6.58 Å². The van der Waals surface area contributed by atoms with Crippen molar-refractivity contribution >= 4 is 40.8 Å². The van der Waals surface area contributed by atoms with Gasteiger partial charge in [0.05, 0.1) is 17.8 Å². The number of hydrogen-bond acceptors (Lipinski definition) is 7. The van der Waals surface area contributed by atoms with Crippen molar-refractivity contribution in [1.29, 1.82) is 0 Å². The van der Waals surface area contributed by atoms with Gasteiger partial charge >= 0.3 is 0 Å². The first-order valence-electron chi connectivity index (χ1n) is 13.9. The van der Waals surface area contributed by atoms with E-state index in [0.29, 0.717) is 35.6 Å². The van der Waals surface area contributed by atoms with Crippen LogP contribution in [0.2, 0.25) is 0 Å². The Hall–Kier alpha value is -4.28. The number of likely N-dealkylation sites (tertiary alicyclic amines) is 1. The van der Waals surface area contributed by atoms with Crippen molar-refractivity contribution in [3.05, 3.63) is 53.0 Å². The molecule has 1 unspecified atom stereocenters. The molecule has 0 bridgehead atoms. The zero-order valence-electron chi connectivity index (χ0n) is 25.6. The number of fused-ring (bicyclic) bond motifs is 1. The molecule has 11 heteroatoms. The molecule has 1 fully saturated rings. The minimum absolute atomic E-state index is 0.00733. The number of nitrogens with one attached hydrogen (secondary N) is 1. The van der Waals surface area contributed by atoms with Crippen molar-refractivity contribution < 1.29 is 14.4 Å². The smallest absolute Gasteiger partial charge is 0.277 e. The lowest BCUT2D eigenvalue weighted by Crippen LogP contribution is -2.36. The lowest BCUT2D eigenvalue weighted by Gasteiger charge is -2.30. The molecule has 1 aromatic carbocycles. The van der Waals surface area contributed by atoms with Gasteiger partial charge in [0.1, 0.15) is 11.6 Å². The van der Waals surface area contributed by atoms with Crippen LogP contribution in [0.5, 0.6) is 0 Å². The van der Waals surface area contributed by atoms with Gasteiger partial charge in [-0.1, -0.05) is 26.0 Å². The topological polar surface area (TPSA) is 139 Å². The molecule has 4 rings (SSSR count). The van der Waals surface area contributed by atoms with E-state index in [9.17, 15) is 14.4 Å². The molecule has 11 nitrogen and oxygen atoms in total. The van der Waals surface area contributed by atoms with Gasteiger partial charge in [0.2, 0.25) is 12.3 Å². The lowest BCUT2D eigenvalue weighted by atomic mass is 9.98. The summed E-state index contributed by atoms with van der Waals surface area (Å²) in [5.41, 5.74) is 10.2. The maximum Gasteiger partial charge on any atom is 0.277 e. The number of aryl methyl sites for hydroxylation is 1. The highest BCUT2D eigenvalue weighted by Crippen LogP contribution is 2.30. The molecule has 3 amide bonds. The molecular formula is C30H44N8O3. The minimum atomic E-state index is -0.430. The maximum atomic E-state index is 13.5. The van der Waals surface area contributed by atoms with Gasteiger partial charge in [-0.3, -0.25) is 14.4 Å². The monoisotopic (exact) mass is 564 g/mol. The summed E-state index contributed by atoms with van der Waals surface area (Å²) < 4.78 is 1.71. The van der Waals surface area contributed by atoms with Crippen LogP contribution in [0.1, 0.15) is 72.7 Å². The van der Waals surface area contributed by atoms with E-state index in [0.717, 1.165) is 35.9 Å². The highest BCUT2D eigenvalue weighted by molar-refractivity contribution is 6.13. The second-order valence-electron chi connectivity index (χ2n) is 9.89. The normalized spacial score (nSPS) is 14.2. The third kappa shape index (κ3) is 7.68. The molecule has 0 radical (unpaired) electrons. The number of allylic oxidation sites excluding steroid dienone is 1. The van der Waals surface area contributed by atoms with Crippen LogP contribution in [0, 0.1) is 20.8 Å². The fourth-order valence-corrected chi connectivity index (χ4v) is 4.58. The second-order valence-corrected chi connectivity index (χ2v) is 9.89. The summed E-state index contributed by atoms with van der Waals surface area (Å²) in [6, 6.07) is 3.52. The largest absolute Gasteiger partial charge is 0.383 e. The minimum Gasteiger partial charge on any atom is -0.383 e. The predicted molar refractivity (Wildman–Crippen MR) is 164 cm³/mol. The summed E-state index contributed by atoms with van der Waals surface area (Å²) in [5, 5.41) is 7.98. The van der Waals surface area contributed by atoms with E-state index in [-0.39, 0.29) is 29.9 Å². The first-order valence-corrected chi connectivity index (χ1v) is 13.9. The summed E-state index contributed by atoms with van der Waals surface area (Å²) in [5.74, 6) is 0.237. The number of hydrogen-bond donors (Lipinski definition) is 2. The molecule has 0 aliphatic carbocycles. The number of carbonyl (C=O) groups excluding carboxylic acids is 3. The van der Waals surface area contributed by atoms with Crippen molar-refractivity contribution in [3.8, 4) is 0 Å². The Labute approximate surface area is 242 Å². The average Bonchev–Trinajstić information content (AvgIpc) is 3.34. The number of amides is 3. The van der Waals surface area contributed by atoms with E-state index < -0.39 is 5.91 Å². The van der Waals surface area contributed by atoms with E-state index in [2.05, 4.69) is 27.0 Å². The molecule has 2 aromatic heterocycles. The lowest BCUT2D eigenvalue weighted by molar-refractivity contribution is -0.128. The van der Waals surface area contributed by atoms with E-state index in [1.807, 2.05) is 40.7 Å².